The standard InChI is InChI=1S/C24H25N5O5/c1-33-20-9-7-17(8-10-20)26-22(30)14-29-13-19(12-25-29)27-23(31)15-34-21-4-2-3-18(11-21)28-24(32)16-5-6-16/h2-4,7-13,16H,5-6,14-15H2,1H3,(H,26,30)(H,27,31)(H,28,32). The predicted molar refractivity (Wildman–Crippen MR) is 126 cm³/mol. The maximum absolute atomic E-state index is 12.2. The van der Waals surface area contributed by atoms with E-state index in [2.05, 4.69) is 21.0 Å². The number of carbonyl (C=O) groups is 3. The van der Waals surface area contributed by atoms with Crippen molar-refractivity contribution in [3.8, 4) is 11.5 Å². The van der Waals surface area contributed by atoms with Crippen molar-refractivity contribution in [2.75, 3.05) is 29.7 Å². The van der Waals surface area contributed by atoms with Crippen LogP contribution in [0.25, 0.3) is 0 Å². The summed E-state index contributed by atoms with van der Waals surface area (Å²) in [6.07, 6.45) is 4.85. The molecule has 3 aromatic rings. The topological polar surface area (TPSA) is 124 Å². The molecule has 0 bridgehead atoms. The van der Waals surface area contributed by atoms with Crippen LogP contribution in [-0.2, 0) is 20.9 Å². The van der Waals surface area contributed by atoms with Gasteiger partial charge in [-0.2, -0.15) is 5.10 Å². The second kappa shape index (κ2) is 10.5. The van der Waals surface area contributed by atoms with Crippen LogP contribution in [0.1, 0.15) is 12.8 Å². The second-order valence-electron chi connectivity index (χ2n) is 7.83. The van der Waals surface area contributed by atoms with E-state index in [0.717, 1.165) is 12.8 Å². The molecule has 0 spiro atoms. The zero-order valence-corrected chi connectivity index (χ0v) is 18.6. The smallest absolute Gasteiger partial charge is 0.262 e. The molecule has 176 valence electrons. The monoisotopic (exact) mass is 463 g/mol. The Morgan fingerprint density at radius 3 is 2.44 bits per heavy atom. The molecule has 4 rings (SSSR count). The fraction of sp³-hybridized carbons (Fsp3) is 0.250. The van der Waals surface area contributed by atoms with Crippen LogP contribution in [0.2, 0.25) is 0 Å². The van der Waals surface area contributed by atoms with Crippen LogP contribution in [0.5, 0.6) is 11.5 Å². The number of hydrogen-bond acceptors (Lipinski definition) is 6. The highest BCUT2D eigenvalue weighted by Crippen LogP contribution is 2.30. The summed E-state index contributed by atoms with van der Waals surface area (Å²) < 4.78 is 12.0. The van der Waals surface area contributed by atoms with Gasteiger partial charge in [0.1, 0.15) is 18.0 Å². The molecule has 1 aliphatic carbocycles. The van der Waals surface area contributed by atoms with Crippen LogP contribution in [0.3, 0.4) is 0 Å². The first-order chi connectivity index (χ1) is 16.5. The Labute approximate surface area is 196 Å². The first kappa shape index (κ1) is 22.8. The quantitative estimate of drug-likeness (QED) is 0.425. The third kappa shape index (κ3) is 6.58. The van der Waals surface area contributed by atoms with Gasteiger partial charge in [-0.3, -0.25) is 19.1 Å². The highest BCUT2D eigenvalue weighted by molar-refractivity contribution is 5.94. The van der Waals surface area contributed by atoms with Crippen molar-refractivity contribution >= 4 is 34.8 Å². The van der Waals surface area contributed by atoms with Crippen molar-refractivity contribution in [1.82, 2.24) is 9.78 Å². The zero-order chi connectivity index (χ0) is 23.9. The van der Waals surface area contributed by atoms with Crippen molar-refractivity contribution in [2.24, 2.45) is 5.92 Å². The van der Waals surface area contributed by atoms with Crippen molar-refractivity contribution in [1.29, 1.82) is 0 Å². The molecule has 0 unspecified atom stereocenters. The van der Waals surface area contributed by atoms with E-state index < -0.39 is 0 Å². The second-order valence-corrected chi connectivity index (χ2v) is 7.83. The predicted octanol–water partition coefficient (Wildman–Crippen LogP) is 2.90. The van der Waals surface area contributed by atoms with Gasteiger partial charge in [0.05, 0.1) is 19.0 Å². The SMILES string of the molecule is COc1ccc(NC(=O)Cn2cc(NC(=O)COc3cccc(NC(=O)C4CC4)c3)cn2)cc1. The van der Waals surface area contributed by atoms with Crippen molar-refractivity contribution in [2.45, 2.75) is 19.4 Å². The number of anilines is 3. The summed E-state index contributed by atoms with van der Waals surface area (Å²) in [6, 6.07) is 13.9. The normalized spacial score (nSPS) is 12.5. The van der Waals surface area contributed by atoms with Gasteiger partial charge in [-0.1, -0.05) is 6.07 Å². The molecule has 0 saturated heterocycles. The number of hydrogen-bond donors (Lipinski definition) is 3. The number of ether oxygens (including phenoxy) is 2. The third-order valence-electron chi connectivity index (χ3n) is 5.02. The van der Waals surface area contributed by atoms with Gasteiger partial charge >= 0.3 is 0 Å². The van der Waals surface area contributed by atoms with E-state index >= 15 is 0 Å². The lowest BCUT2D eigenvalue weighted by atomic mass is 10.3. The lowest BCUT2D eigenvalue weighted by Gasteiger charge is -2.09. The van der Waals surface area contributed by atoms with Crippen LogP contribution in [0, 0.1) is 5.92 Å². The Bertz CT molecular complexity index is 1170. The van der Waals surface area contributed by atoms with Crippen molar-refractivity contribution < 1.29 is 23.9 Å². The minimum Gasteiger partial charge on any atom is -0.497 e. The zero-order valence-electron chi connectivity index (χ0n) is 18.6. The van der Waals surface area contributed by atoms with Gasteiger partial charge in [0.25, 0.3) is 5.91 Å². The molecule has 1 heterocycles. The molecule has 1 aromatic heterocycles. The number of aromatic nitrogens is 2. The molecule has 0 radical (unpaired) electrons. The number of nitrogens with zero attached hydrogens (tertiary/aromatic N) is 2. The summed E-state index contributed by atoms with van der Waals surface area (Å²) in [5.41, 5.74) is 1.71. The Hall–Kier alpha value is -4.34. The highest BCUT2D eigenvalue weighted by atomic mass is 16.5. The summed E-state index contributed by atoms with van der Waals surface area (Å²) in [4.78, 5) is 36.3. The van der Waals surface area contributed by atoms with E-state index in [1.54, 1.807) is 61.8 Å². The summed E-state index contributed by atoms with van der Waals surface area (Å²) in [7, 11) is 1.57. The maximum atomic E-state index is 12.2. The molecule has 2 aromatic carbocycles. The summed E-state index contributed by atoms with van der Waals surface area (Å²) in [5, 5.41) is 12.4. The Balaban J connectivity index is 1.22. The minimum atomic E-state index is -0.380. The number of nitrogens with one attached hydrogen (secondary N) is 3. The van der Waals surface area contributed by atoms with Gasteiger partial charge in [-0.15, -0.1) is 0 Å². The van der Waals surface area contributed by atoms with Crippen LogP contribution in [0.15, 0.2) is 60.9 Å². The van der Waals surface area contributed by atoms with E-state index in [4.69, 9.17) is 9.47 Å². The largest absolute Gasteiger partial charge is 0.497 e. The van der Waals surface area contributed by atoms with Gasteiger partial charge < -0.3 is 25.4 Å². The van der Waals surface area contributed by atoms with Crippen LogP contribution >= 0.6 is 0 Å². The van der Waals surface area contributed by atoms with Gasteiger partial charge in [-0.05, 0) is 49.2 Å². The molecule has 1 aliphatic rings. The highest BCUT2D eigenvalue weighted by Gasteiger charge is 2.29. The number of rotatable bonds is 10. The Morgan fingerprint density at radius 1 is 0.941 bits per heavy atom. The number of amides is 3. The van der Waals surface area contributed by atoms with Gasteiger partial charge in [-0.25, -0.2) is 0 Å². The number of carbonyl (C=O) groups excluding carboxylic acids is 3. The van der Waals surface area contributed by atoms with Gasteiger partial charge in [0.15, 0.2) is 6.61 Å². The van der Waals surface area contributed by atoms with Crippen molar-refractivity contribution in [3.63, 3.8) is 0 Å². The fourth-order valence-electron chi connectivity index (χ4n) is 3.14. The number of methoxy groups -OCH3 is 1. The summed E-state index contributed by atoms with van der Waals surface area (Å²) in [6.45, 7) is -0.235. The lowest BCUT2D eigenvalue weighted by molar-refractivity contribution is -0.118. The molecule has 3 amide bonds. The summed E-state index contributed by atoms with van der Waals surface area (Å²) >= 11 is 0. The Kier molecular flexibility index (Phi) is 7.07. The molecule has 10 nitrogen and oxygen atoms in total. The third-order valence-corrected chi connectivity index (χ3v) is 5.02. The van der Waals surface area contributed by atoms with E-state index in [-0.39, 0.29) is 36.8 Å². The van der Waals surface area contributed by atoms with Crippen LogP contribution in [0.4, 0.5) is 17.1 Å². The first-order valence-corrected chi connectivity index (χ1v) is 10.8. The van der Waals surface area contributed by atoms with Gasteiger partial charge in [0.2, 0.25) is 11.8 Å². The summed E-state index contributed by atoms with van der Waals surface area (Å²) in [5.74, 6) is 0.629. The van der Waals surface area contributed by atoms with Crippen molar-refractivity contribution in [3.05, 3.63) is 60.9 Å². The minimum absolute atomic E-state index is 0.00425. The van der Waals surface area contributed by atoms with E-state index in [1.165, 1.54) is 10.9 Å². The molecular weight excluding hydrogens is 438 g/mol. The van der Waals surface area contributed by atoms with Gasteiger partial charge in [0, 0.05) is 29.6 Å². The molecule has 3 N–H and O–H groups in total. The lowest BCUT2D eigenvalue weighted by Crippen LogP contribution is -2.20. The average molecular weight is 463 g/mol. The maximum Gasteiger partial charge on any atom is 0.262 e. The Morgan fingerprint density at radius 2 is 1.71 bits per heavy atom. The molecule has 10 heteroatoms. The molecule has 0 aliphatic heterocycles. The van der Waals surface area contributed by atoms with E-state index in [1.807, 2.05) is 0 Å². The molecule has 34 heavy (non-hydrogen) atoms. The van der Waals surface area contributed by atoms with E-state index in [0.29, 0.717) is 28.6 Å². The molecular formula is C24H25N5O5. The number of benzene rings is 2. The molecule has 0 atom stereocenters. The first-order valence-electron chi connectivity index (χ1n) is 10.8. The van der Waals surface area contributed by atoms with E-state index in [9.17, 15) is 14.4 Å². The van der Waals surface area contributed by atoms with Crippen LogP contribution < -0.4 is 25.4 Å². The average Bonchev–Trinajstić information content (AvgIpc) is 3.60. The van der Waals surface area contributed by atoms with Crippen LogP contribution in [-0.4, -0.2) is 41.2 Å². The fourth-order valence-corrected chi connectivity index (χ4v) is 3.14. The molecule has 1 fully saturated rings. The molecule has 1 saturated carbocycles.